The number of carbonyl (C=O) groups is 3. The van der Waals surface area contributed by atoms with E-state index >= 15 is 0 Å². The van der Waals surface area contributed by atoms with Gasteiger partial charge in [0.05, 0.1) is 12.7 Å². The molecule has 0 aliphatic rings. The third-order valence-corrected chi connectivity index (χ3v) is 3.06. The Labute approximate surface area is 133 Å². The molecule has 0 bridgehead atoms. The molecule has 0 saturated carbocycles. The Hall–Kier alpha value is -3.15. The van der Waals surface area contributed by atoms with Crippen LogP contribution in [-0.2, 0) is 14.3 Å². The lowest BCUT2D eigenvalue weighted by molar-refractivity contribution is -0.132. The molecule has 2 amide bonds. The molecule has 0 unspecified atom stereocenters. The number of hydrogen-bond donors (Lipinski definition) is 2. The third-order valence-electron chi connectivity index (χ3n) is 3.06. The molecule has 118 valence electrons. The molecule has 2 N–H and O–H groups in total. The first-order valence-electron chi connectivity index (χ1n) is 6.87. The standard InChI is InChI=1S/C17H16N2O4/c1-11-6-8-13(9-7-11)18-15(20)16(21)19-14-5-3-4-12(10-14)17(22)23-2/h3-10H,1-2H3,(H,18,20)(H,19,21). The minimum atomic E-state index is -0.826. The Morgan fingerprint density at radius 1 is 0.870 bits per heavy atom. The summed E-state index contributed by atoms with van der Waals surface area (Å²) in [6, 6.07) is 13.2. The fourth-order valence-corrected chi connectivity index (χ4v) is 1.85. The Morgan fingerprint density at radius 3 is 2.09 bits per heavy atom. The summed E-state index contributed by atoms with van der Waals surface area (Å²) >= 11 is 0. The van der Waals surface area contributed by atoms with E-state index in [1.807, 2.05) is 19.1 Å². The van der Waals surface area contributed by atoms with Gasteiger partial charge in [0.2, 0.25) is 0 Å². The van der Waals surface area contributed by atoms with Crippen molar-refractivity contribution in [2.45, 2.75) is 6.92 Å². The molecule has 0 heterocycles. The highest BCUT2D eigenvalue weighted by molar-refractivity contribution is 6.43. The zero-order valence-corrected chi connectivity index (χ0v) is 12.8. The van der Waals surface area contributed by atoms with Gasteiger partial charge in [-0.25, -0.2) is 4.79 Å². The summed E-state index contributed by atoms with van der Waals surface area (Å²) in [5, 5.41) is 4.93. The summed E-state index contributed by atoms with van der Waals surface area (Å²) in [5.41, 5.74) is 2.19. The van der Waals surface area contributed by atoms with Crippen LogP contribution in [-0.4, -0.2) is 24.9 Å². The molecule has 0 saturated heterocycles. The summed E-state index contributed by atoms with van der Waals surface area (Å²) < 4.78 is 4.60. The summed E-state index contributed by atoms with van der Waals surface area (Å²) in [6.45, 7) is 1.92. The zero-order chi connectivity index (χ0) is 16.8. The fourth-order valence-electron chi connectivity index (χ4n) is 1.85. The lowest BCUT2D eigenvalue weighted by Gasteiger charge is -2.08. The maximum Gasteiger partial charge on any atom is 0.337 e. The van der Waals surface area contributed by atoms with Crippen molar-refractivity contribution < 1.29 is 19.1 Å². The molecule has 0 radical (unpaired) electrons. The van der Waals surface area contributed by atoms with Crippen LogP contribution >= 0.6 is 0 Å². The van der Waals surface area contributed by atoms with Crippen molar-refractivity contribution in [3.8, 4) is 0 Å². The van der Waals surface area contributed by atoms with E-state index in [-0.39, 0.29) is 5.56 Å². The van der Waals surface area contributed by atoms with Gasteiger partial charge in [-0.3, -0.25) is 9.59 Å². The van der Waals surface area contributed by atoms with Gasteiger partial charge in [0.25, 0.3) is 0 Å². The van der Waals surface area contributed by atoms with Crippen LogP contribution in [0.5, 0.6) is 0 Å². The first-order valence-corrected chi connectivity index (χ1v) is 6.87. The van der Waals surface area contributed by atoms with Crippen molar-refractivity contribution in [1.29, 1.82) is 0 Å². The maximum absolute atomic E-state index is 11.9. The number of anilines is 2. The van der Waals surface area contributed by atoms with Gasteiger partial charge in [0.15, 0.2) is 0 Å². The number of methoxy groups -OCH3 is 1. The van der Waals surface area contributed by atoms with E-state index in [9.17, 15) is 14.4 Å². The van der Waals surface area contributed by atoms with Gasteiger partial charge in [-0.2, -0.15) is 0 Å². The number of rotatable bonds is 3. The Bertz CT molecular complexity index is 739. The van der Waals surface area contributed by atoms with Crippen molar-refractivity contribution in [2.75, 3.05) is 17.7 Å². The number of hydrogen-bond acceptors (Lipinski definition) is 4. The van der Waals surface area contributed by atoms with E-state index in [2.05, 4.69) is 15.4 Å². The van der Waals surface area contributed by atoms with Crippen LogP contribution in [0.4, 0.5) is 11.4 Å². The average Bonchev–Trinajstić information content (AvgIpc) is 2.56. The molecule has 0 atom stereocenters. The Balaban J connectivity index is 2.02. The first-order chi connectivity index (χ1) is 11.0. The van der Waals surface area contributed by atoms with Crippen molar-refractivity contribution in [2.24, 2.45) is 0 Å². The van der Waals surface area contributed by atoms with Crippen molar-refractivity contribution in [3.05, 3.63) is 59.7 Å². The predicted molar refractivity (Wildman–Crippen MR) is 86.2 cm³/mol. The molecule has 6 heteroatoms. The summed E-state index contributed by atoms with van der Waals surface area (Å²) in [6.07, 6.45) is 0. The number of aryl methyl sites for hydroxylation is 1. The van der Waals surface area contributed by atoms with Gasteiger partial charge in [0, 0.05) is 11.4 Å². The molecule has 0 aromatic heterocycles. The predicted octanol–water partition coefficient (Wildman–Crippen LogP) is 2.36. The van der Waals surface area contributed by atoms with E-state index in [1.54, 1.807) is 30.3 Å². The minimum absolute atomic E-state index is 0.282. The Morgan fingerprint density at radius 2 is 1.48 bits per heavy atom. The molecule has 2 aromatic rings. The lowest BCUT2D eigenvalue weighted by atomic mass is 10.2. The van der Waals surface area contributed by atoms with E-state index < -0.39 is 17.8 Å². The molecule has 2 aromatic carbocycles. The normalized spacial score (nSPS) is 9.83. The van der Waals surface area contributed by atoms with Crippen LogP contribution in [0.15, 0.2) is 48.5 Å². The van der Waals surface area contributed by atoms with Crippen molar-refractivity contribution >= 4 is 29.2 Å². The molecular weight excluding hydrogens is 296 g/mol. The highest BCUT2D eigenvalue weighted by atomic mass is 16.5. The lowest BCUT2D eigenvalue weighted by Crippen LogP contribution is -2.29. The van der Waals surface area contributed by atoms with Gasteiger partial charge in [-0.1, -0.05) is 23.8 Å². The SMILES string of the molecule is COC(=O)c1cccc(NC(=O)C(=O)Nc2ccc(C)cc2)c1. The van der Waals surface area contributed by atoms with Gasteiger partial charge >= 0.3 is 17.8 Å². The van der Waals surface area contributed by atoms with Gasteiger partial charge in [-0.05, 0) is 37.3 Å². The van der Waals surface area contributed by atoms with Crippen LogP contribution < -0.4 is 10.6 Å². The fraction of sp³-hybridized carbons (Fsp3) is 0.118. The highest BCUT2D eigenvalue weighted by Gasteiger charge is 2.15. The largest absolute Gasteiger partial charge is 0.465 e. The molecule has 0 spiro atoms. The summed E-state index contributed by atoms with van der Waals surface area (Å²) in [5.74, 6) is -2.14. The van der Waals surface area contributed by atoms with Crippen LogP contribution in [0.1, 0.15) is 15.9 Å². The number of carbonyl (C=O) groups excluding carboxylic acids is 3. The second kappa shape index (κ2) is 7.22. The van der Waals surface area contributed by atoms with Crippen molar-refractivity contribution in [3.63, 3.8) is 0 Å². The van der Waals surface area contributed by atoms with Gasteiger partial charge in [0.1, 0.15) is 0 Å². The van der Waals surface area contributed by atoms with Crippen LogP contribution in [0.2, 0.25) is 0 Å². The zero-order valence-electron chi connectivity index (χ0n) is 12.8. The number of esters is 1. The quantitative estimate of drug-likeness (QED) is 0.673. The van der Waals surface area contributed by atoms with E-state index in [0.29, 0.717) is 11.4 Å². The second-order valence-electron chi connectivity index (χ2n) is 4.85. The number of benzene rings is 2. The van der Waals surface area contributed by atoms with Crippen LogP contribution in [0.25, 0.3) is 0 Å². The molecule has 0 aliphatic carbocycles. The third kappa shape index (κ3) is 4.41. The molecule has 23 heavy (non-hydrogen) atoms. The van der Waals surface area contributed by atoms with E-state index in [4.69, 9.17) is 0 Å². The van der Waals surface area contributed by atoms with Gasteiger partial charge in [-0.15, -0.1) is 0 Å². The minimum Gasteiger partial charge on any atom is -0.465 e. The summed E-state index contributed by atoms with van der Waals surface area (Å²) in [7, 11) is 1.27. The molecule has 6 nitrogen and oxygen atoms in total. The van der Waals surface area contributed by atoms with Crippen molar-refractivity contribution in [1.82, 2.24) is 0 Å². The van der Waals surface area contributed by atoms with E-state index in [1.165, 1.54) is 13.2 Å². The highest BCUT2D eigenvalue weighted by Crippen LogP contribution is 2.12. The maximum atomic E-state index is 11.9. The molecule has 0 fully saturated rings. The smallest absolute Gasteiger partial charge is 0.337 e. The average molecular weight is 312 g/mol. The molecule has 2 rings (SSSR count). The topological polar surface area (TPSA) is 84.5 Å². The van der Waals surface area contributed by atoms with Crippen LogP contribution in [0.3, 0.4) is 0 Å². The van der Waals surface area contributed by atoms with Gasteiger partial charge < -0.3 is 15.4 Å². The number of amides is 2. The number of nitrogens with one attached hydrogen (secondary N) is 2. The molecular formula is C17H16N2O4. The molecule has 0 aliphatic heterocycles. The van der Waals surface area contributed by atoms with E-state index in [0.717, 1.165) is 5.56 Å². The summed E-state index contributed by atoms with van der Waals surface area (Å²) in [4.78, 5) is 35.2. The van der Waals surface area contributed by atoms with Crippen LogP contribution in [0, 0.1) is 6.92 Å². The monoisotopic (exact) mass is 312 g/mol. The Kier molecular flexibility index (Phi) is 5.09. The number of ether oxygens (including phenoxy) is 1. The second-order valence-corrected chi connectivity index (χ2v) is 4.85. The first kappa shape index (κ1) is 16.2.